The quantitative estimate of drug-likeness (QED) is 0.0209. The van der Waals surface area contributed by atoms with E-state index in [0.29, 0.717) is 0 Å². The van der Waals surface area contributed by atoms with Crippen molar-refractivity contribution in [1.82, 2.24) is 0 Å². The molecule has 0 spiro atoms. The molecule has 0 bridgehead atoms. The normalized spacial score (nSPS) is 12.5. The van der Waals surface area contributed by atoms with Crippen molar-refractivity contribution in [2.45, 2.75) is 49.2 Å². The maximum absolute atomic E-state index is 12.4. The molecule has 0 amide bonds. The largest absolute Gasteiger partial charge is 0.481 e. The Balaban J connectivity index is 0. The summed E-state index contributed by atoms with van der Waals surface area (Å²) >= 11 is 51.3. The van der Waals surface area contributed by atoms with Crippen LogP contribution in [0.4, 0.5) is 22.0 Å². The van der Waals surface area contributed by atoms with Gasteiger partial charge in [0.2, 0.25) is 0 Å². The number of hydrogen-bond donors (Lipinski definition) is 7. The van der Waals surface area contributed by atoms with Crippen LogP contribution in [0.15, 0.2) is 52.0 Å². The molecule has 0 aromatic heterocycles. The first-order valence-electron chi connectivity index (χ1n) is 16.7. The summed E-state index contributed by atoms with van der Waals surface area (Å²) in [5, 5.41) is 57.9. The van der Waals surface area contributed by atoms with Crippen LogP contribution in [-0.2, 0) is 14.4 Å². The molecule has 0 aliphatic rings. The summed E-state index contributed by atoms with van der Waals surface area (Å²) in [6, 6.07) is 8.37. The summed E-state index contributed by atoms with van der Waals surface area (Å²) in [7, 11) is 0. The third-order valence-corrected chi connectivity index (χ3v) is 11.6. The minimum Gasteiger partial charge on any atom is -0.481 e. The smallest absolute Gasteiger partial charge is 0.397 e. The van der Waals surface area contributed by atoms with Gasteiger partial charge in [-0.05, 0) is 53.8 Å². The lowest BCUT2D eigenvalue weighted by Gasteiger charge is -2.27. The number of carboxylic acids is 7. The standard InChI is InChI=1S/C12H16O2.C9H6O6.C7HCl5O2.C4H2Cl3NO4.C4HCl2F5O2/c1-8(2)11(12(13)14)10-7-5-4-6-9(10)3;10-7(11)4-1-2-5(8(12)13)6(3-4)9(14)15;8-2-1(7(13)14)3(9)5(11)6(12)4(2)10;5-1(3(6)7)2(4(9)10)8(11)12;5-3(9,4(6,10)11)2(7,8)1(12)13/h4-8,11H,1-3H3,(H,13,14);1-3H,(H,10,11)(H,12,13)(H,14,15);(H,13,14);2H,(H,9,10);(H,12,13). The van der Waals surface area contributed by atoms with Gasteiger partial charge in [-0.2, -0.15) is 17.6 Å². The van der Waals surface area contributed by atoms with Crippen LogP contribution in [0.1, 0.15) is 72.3 Å². The molecule has 3 aromatic carbocycles. The van der Waals surface area contributed by atoms with E-state index in [1.54, 1.807) is 0 Å². The lowest BCUT2D eigenvalue weighted by atomic mass is 9.86. The molecule has 0 saturated heterocycles. The van der Waals surface area contributed by atoms with Crippen molar-refractivity contribution in [3.63, 3.8) is 0 Å². The highest BCUT2D eigenvalue weighted by atomic mass is 35.5. The van der Waals surface area contributed by atoms with E-state index < -0.39 is 95.8 Å². The maximum Gasteiger partial charge on any atom is 0.397 e. The zero-order valence-corrected chi connectivity index (χ0v) is 40.8. The Kier molecular flexibility index (Phi) is 26.8. The van der Waals surface area contributed by atoms with Crippen LogP contribution in [0, 0.1) is 23.0 Å². The fourth-order valence-electron chi connectivity index (χ4n) is 4.25. The molecule has 0 radical (unpaired) electrons. The molecule has 0 saturated carbocycles. The fraction of sp³-hybridized carbons (Fsp3) is 0.250. The molecule has 32 heteroatoms. The molecule has 0 aliphatic carbocycles. The molecule has 3 rings (SSSR count). The van der Waals surface area contributed by atoms with Crippen molar-refractivity contribution in [3.8, 4) is 0 Å². The monoisotopic (exact) mass is 1170 g/mol. The molecule has 0 aliphatic heterocycles. The zero-order chi connectivity index (χ0) is 54.3. The van der Waals surface area contributed by atoms with E-state index >= 15 is 0 Å². The van der Waals surface area contributed by atoms with Crippen molar-refractivity contribution in [1.29, 1.82) is 0 Å². The average molecular weight is 1180 g/mol. The van der Waals surface area contributed by atoms with Gasteiger partial charge < -0.3 is 35.7 Å². The van der Waals surface area contributed by atoms with E-state index in [-0.39, 0.29) is 42.2 Å². The van der Waals surface area contributed by atoms with Crippen LogP contribution in [0.2, 0.25) is 25.1 Å². The highest BCUT2D eigenvalue weighted by Gasteiger charge is 2.73. The Labute approximate surface area is 427 Å². The number of aromatic carboxylic acids is 4. The first-order chi connectivity index (χ1) is 30.7. The van der Waals surface area contributed by atoms with Crippen molar-refractivity contribution < 1.29 is 96.2 Å². The van der Waals surface area contributed by atoms with Crippen molar-refractivity contribution in [2.24, 2.45) is 5.92 Å². The second-order valence-corrected chi connectivity index (χ2v) is 16.7. The van der Waals surface area contributed by atoms with E-state index in [9.17, 15) is 65.6 Å². The second-order valence-electron chi connectivity index (χ2n) is 12.4. The van der Waals surface area contributed by atoms with Gasteiger partial charge in [0.15, 0.2) is 0 Å². The molecule has 7 N–H and O–H groups in total. The van der Waals surface area contributed by atoms with Crippen LogP contribution in [-0.4, -0.2) is 105 Å². The number of alkyl halides is 7. The van der Waals surface area contributed by atoms with Gasteiger partial charge in [-0.25, -0.2) is 33.2 Å². The van der Waals surface area contributed by atoms with Crippen LogP contribution < -0.4 is 0 Å². The lowest BCUT2D eigenvalue weighted by molar-refractivity contribution is -0.498. The van der Waals surface area contributed by atoms with Crippen molar-refractivity contribution in [3.05, 3.63) is 121 Å². The maximum atomic E-state index is 12.4. The van der Waals surface area contributed by atoms with Crippen molar-refractivity contribution >= 4 is 158 Å². The average Bonchev–Trinajstić information content (AvgIpc) is 3.19. The second kappa shape index (κ2) is 27.7. The summed E-state index contributed by atoms with van der Waals surface area (Å²) < 4.78 is 59.8. The van der Waals surface area contributed by atoms with E-state index in [1.165, 1.54) is 0 Å². The molecule has 17 nitrogen and oxygen atoms in total. The number of rotatable bonds is 13. The number of hydrogen-bond acceptors (Lipinski definition) is 9. The Bertz CT molecular complexity index is 2410. The molecule has 68 heavy (non-hydrogen) atoms. The van der Waals surface area contributed by atoms with Gasteiger partial charge in [0.05, 0.1) is 53.3 Å². The van der Waals surface area contributed by atoms with E-state index in [1.807, 2.05) is 45.0 Å². The number of halogens is 15. The zero-order valence-electron chi connectivity index (χ0n) is 33.2. The third kappa shape index (κ3) is 18.2. The predicted molar refractivity (Wildman–Crippen MR) is 238 cm³/mol. The Hall–Kier alpha value is -4.36. The number of carbonyl (C=O) groups is 7. The number of benzene rings is 3. The van der Waals surface area contributed by atoms with Gasteiger partial charge in [0.1, 0.15) is 9.52 Å². The molecule has 376 valence electrons. The summed E-state index contributed by atoms with van der Waals surface area (Å²) in [5.74, 6) is -16.9. The highest BCUT2D eigenvalue weighted by Crippen LogP contribution is 2.49. The SMILES string of the molecule is Cc1ccccc1C(C(=O)O)C(C)C.O=C(O)C(C(Cl)=C(Cl)Cl)[N+](=O)[O-].O=C(O)C(F)(F)C(F)(Cl)C(F)(F)Cl.O=C(O)c1c(Cl)c(Cl)c(Cl)c(Cl)c1Cl.O=C(O)c1ccc(C(=O)O)c(C(=O)O)c1. The molecule has 3 atom stereocenters. The number of carboxylic acid groups (broad SMARTS) is 7. The Morgan fingerprint density at radius 3 is 1.32 bits per heavy atom. The highest BCUT2D eigenvalue weighted by molar-refractivity contribution is 6.59. The van der Waals surface area contributed by atoms with Gasteiger partial charge in [-0.15, -0.1) is 0 Å². The molecule has 3 aromatic rings. The number of aryl methyl sites for hydroxylation is 1. The predicted octanol–water partition coefficient (Wildman–Crippen LogP) is 12.3. The first-order valence-corrected chi connectivity index (χ1v) is 20.4. The van der Waals surface area contributed by atoms with Crippen LogP contribution in [0.3, 0.4) is 0 Å². The number of nitrogens with zero attached hydrogens (tertiary/aromatic N) is 1. The number of nitro groups is 1. The third-order valence-electron chi connectivity index (χ3n) is 7.49. The molecule has 0 heterocycles. The topological polar surface area (TPSA) is 304 Å². The van der Waals surface area contributed by atoms with Crippen molar-refractivity contribution in [2.75, 3.05) is 0 Å². The minimum absolute atomic E-state index is 0.0617. The van der Waals surface area contributed by atoms with Gasteiger partial charge in [0, 0.05) is 4.92 Å². The van der Waals surface area contributed by atoms with Crippen LogP contribution in [0.5, 0.6) is 0 Å². The van der Waals surface area contributed by atoms with Crippen LogP contribution in [0.25, 0.3) is 0 Å². The lowest BCUT2D eigenvalue weighted by Crippen LogP contribution is -2.54. The van der Waals surface area contributed by atoms with Gasteiger partial charge in [0.25, 0.3) is 0 Å². The van der Waals surface area contributed by atoms with E-state index in [2.05, 4.69) is 23.2 Å². The molecule has 0 fully saturated rings. The summed E-state index contributed by atoms with van der Waals surface area (Å²) in [4.78, 5) is 82.4. The van der Waals surface area contributed by atoms with E-state index in [0.717, 1.165) is 29.3 Å². The summed E-state index contributed by atoms with van der Waals surface area (Å²) in [6.45, 7) is 5.82. The molecule has 3 unspecified atom stereocenters. The van der Waals surface area contributed by atoms with Gasteiger partial charge >= 0.3 is 64.3 Å². The van der Waals surface area contributed by atoms with Crippen LogP contribution >= 0.6 is 116 Å². The summed E-state index contributed by atoms with van der Waals surface area (Å²) in [6.07, 6.45) is 0. The van der Waals surface area contributed by atoms with Gasteiger partial charge in [-0.1, -0.05) is 143 Å². The minimum atomic E-state index is -5.49. The summed E-state index contributed by atoms with van der Waals surface area (Å²) in [5.41, 5.74) is 0.378. The fourth-order valence-corrected chi connectivity index (χ4v) is 6.13. The Morgan fingerprint density at radius 2 is 1.06 bits per heavy atom. The number of aliphatic carboxylic acids is 3. The van der Waals surface area contributed by atoms with E-state index in [4.69, 9.17) is 129 Å². The molecular weight excluding hydrogens is 1150 g/mol. The van der Waals surface area contributed by atoms with Gasteiger partial charge in [-0.3, -0.25) is 14.9 Å². The Morgan fingerprint density at radius 1 is 0.632 bits per heavy atom. The first kappa shape index (κ1) is 65.7. The molecular formula is C36H26Cl10F5NO16.